The fourth-order valence-corrected chi connectivity index (χ4v) is 4.41. The number of thiazole rings is 1. The number of aryl methyl sites for hydroxylation is 1. The van der Waals surface area contributed by atoms with Crippen LogP contribution in [0.3, 0.4) is 0 Å². The third-order valence-corrected chi connectivity index (χ3v) is 6.09. The van der Waals surface area contributed by atoms with Crippen molar-refractivity contribution < 1.29 is 18.0 Å². The van der Waals surface area contributed by atoms with Crippen LogP contribution in [0.4, 0.5) is 8.78 Å². The molecule has 3 aromatic rings. The zero-order chi connectivity index (χ0) is 21.1. The first-order valence-corrected chi connectivity index (χ1v) is 10.8. The minimum absolute atomic E-state index is 0.0402. The molecule has 1 N–H and O–H groups in total. The second-order valence-electron chi connectivity index (χ2n) is 7.60. The van der Waals surface area contributed by atoms with Crippen molar-refractivity contribution in [1.29, 1.82) is 0 Å². The van der Waals surface area contributed by atoms with Crippen LogP contribution >= 0.6 is 11.3 Å². The summed E-state index contributed by atoms with van der Waals surface area (Å²) in [6.07, 6.45) is 1.89. The Labute approximate surface area is 177 Å². The summed E-state index contributed by atoms with van der Waals surface area (Å²) in [5.74, 6) is -0.136. The van der Waals surface area contributed by atoms with Crippen LogP contribution in [0.25, 0.3) is 10.8 Å². The second-order valence-corrected chi connectivity index (χ2v) is 8.46. The van der Waals surface area contributed by atoms with Gasteiger partial charge in [0.1, 0.15) is 5.76 Å². The monoisotopic (exact) mass is 431 g/mol. The Bertz CT molecular complexity index is 1030. The quantitative estimate of drug-likeness (QED) is 0.632. The lowest BCUT2D eigenvalue weighted by atomic mass is 10.0. The summed E-state index contributed by atoms with van der Waals surface area (Å²) in [5.41, 5.74) is 1.49. The largest absolute Gasteiger partial charge is 0.459 e. The zero-order valence-corrected chi connectivity index (χ0v) is 17.5. The highest BCUT2D eigenvalue weighted by atomic mass is 32.1. The normalized spacial score (nSPS) is 15.4. The van der Waals surface area contributed by atoms with Crippen molar-refractivity contribution in [3.8, 4) is 10.8 Å². The van der Waals surface area contributed by atoms with E-state index in [0.29, 0.717) is 6.54 Å². The highest BCUT2D eigenvalue weighted by molar-refractivity contribution is 7.13. The summed E-state index contributed by atoms with van der Waals surface area (Å²) >= 11 is 1.47. The topological polar surface area (TPSA) is 58.4 Å². The molecular formula is C22H23F2N3O2S. The van der Waals surface area contributed by atoms with Crippen LogP contribution in [-0.4, -0.2) is 34.9 Å². The maximum atomic E-state index is 13.4. The lowest BCUT2D eigenvalue weighted by molar-refractivity contribution is -0.121. The van der Waals surface area contributed by atoms with Gasteiger partial charge in [0.25, 0.3) is 0 Å². The maximum Gasteiger partial charge on any atom is 0.226 e. The first kappa shape index (κ1) is 20.7. The van der Waals surface area contributed by atoms with E-state index in [4.69, 9.17) is 4.42 Å². The van der Waals surface area contributed by atoms with Crippen LogP contribution in [0.15, 0.2) is 40.1 Å². The first-order chi connectivity index (χ1) is 14.5. The molecule has 4 rings (SSSR count). The van der Waals surface area contributed by atoms with Gasteiger partial charge in [0, 0.05) is 31.1 Å². The van der Waals surface area contributed by atoms with E-state index in [-0.39, 0.29) is 18.4 Å². The predicted octanol–water partition coefficient (Wildman–Crippen LogP) is 4.31. The fourth-order valence-electron chi connectivity index (χ4n) is 3.63. The number of nitrogens with one attached hydrogen (secondary N) is 1. The van der Waals surface area contributed by atoms with Gasteiger partial charge < -0.3 is 9.73 Å². The third kappa shape index (κ3) is 5.12. The standard InChI is InChI=1S/C22H23F2N3O2S/c1-14-2-5-20(29-14)22-26-17(13-30-22)11-21(28)25-16-6-8-27(9-7-16)12-15-3-4-18(23)19(24)10-15/h2-5,10,13,16H,6-9,11-12H2,1H3,(H,25,28). The van der Waals surface area contributed by atoms with Crippen molar-refractivity contribution in [2.24, 2.45) is 0 Å². The number of carbonyl (C=O) groups excluding carboxylic acids is 1. The molecule has 0 bridgehead atoms. The average Bonchev–Trinajstić information content (AvgIpc) is 3.35. The SMILES string of the molecule is Cc1ccc(-c2nc(CC(=O)NC3CCN(Cc4ccc(F)c(F)c4)CC3)cs2)o1. The molecule has 0 radical (unpaired) electrons. The van der Waals surface area contributed by atoms with E-state index in [2.05, 4.69) is 15.2 Å². The van der Waals surface area contributed by atoms with Gasteiger partial charge in [-0.25, -0.2) is 13.8 Å². The molecule has 158 valence electrons. The Kier molecular flexibility index (Phi) is 6.24. The molecule has 0 aliphatic carbocycles. The minimum atomic E-state index is -0.827. The minimum Gasteiger partial charge on any atom is -0.459 e. The molecule has 2 aromatic heterocycles. The van der Waals surface area contributed by atoms with Crippen molar-refractivity contribution in [2.75, 3.05) is 13.1 Å². The van der Waals surface area contributed by atoms with Crippen LogP contribution < -0.4 is 5.32 Å². The Hall–Kier alpha value is -2.58. The molecule has 1 aromatic carbocycles. The molecule has 30 heavy (non-hydrogen) atoms. The average molecular weight is 432 g/mol. The van der Waals surface area contributed by atoms with E-state index in [1.165, 1.54) is 17.4 Å². The number of nitrogens with zero attached hydrogens (tertiary/aromatic N) is 2. The number of aromatic nitrogens is 1. The Balaban J connectivity index is 1.23. The van der Waals surface area contributed by atoms with Gasteiger partial charge in [-0.1, -0.05) is 6.07 Å². The zero-order valence-electron chi connectivity index (χ0n) is 16.7. The van der Waals surface area contributed by atoms with Crippen LogP contribution in [-0.2, 0) is 17.8 Å². The van der Waals surface area contributed by atoms with Crippen molar-refractivity contribution in [2.45, 2.75) is 38.8 Å². The molecule has 1 fully saturated rings. The second kappa shape index (κ2) is 9.06. The molecule has 0 spiro atoms. The molecule has 0 unspecified atom stereocenters. The molecule has 0 saturated carbocycles. The number of carbonyl (C=O) groups is 1. The van der Waals surface area contributed by atoms with Gasteiger partial charge in [-0.15, -0.1) is 11.3 Å². The molecule has 5 nitrogen and oxygen atoms in total. The summed E-state index contributed by atoms with van der Waals surface area (Å²) in [4.78, 5) is 19.1. The highest BCUT2D eigenvalue weighted by Crippen LogP contribution is 2.25. The number of likely N-dealkylation sites (tertiary alicyclic amines) is 1. The van der Waals surface area contributed by atoms with E-state index in [9.17, 15) is 13.6 Å². The lowest BCUT2D eigenvalue weighted by Crippen LogP contribution is -2.44. The molecular weight excluding hydrogens is 408 g/mol. The molecule has 1 saturated heterocycles. The molecule has 3 heterocycles. The highest BCUT2D eigenvalue weighted by Gasteiger charge is 2.21. The van der Waals surface area contributed by atoms with Crippen LogP contribution in [0.2, 0.25) is 0 Å². The van der Waals surface area contributed by atoms with Gasteiger partial charge in [-0.3, -0.25) is 9.69 Å². The summed E-state index contributed by atoms with van der Waals surface area (Å²) in [6, 6.07) is 7.90. The van der Waals surface area contributed by atoms with E-state index in [0.717, 1.165) is 59.8 Å². The predicted molar refractivity (Wildman–Crippen MR) is 111 cm³/mol. The number of hydrogen-bond donors (Lipinski definition) is 1. The van der Waals surface area contributed by atoms with Crippen LogP contribution in [0, 0.1) is 18.6 Å². The van der Waals surface area contributed by atoms with Gasteiger partial charge in [0.05, 0.1) is 12.1 Å². The molecule has 8 heteroatoms. The summed E-state index contributed by atoms with van der Waals surface area (Å²) < 4.78 is 32.0. The maximum absolute atomic E-state index is 13.4. The van der Waals surface area contributed by atoms with E-state index < -0.39 is 11.6 Å². The number of piperidine rings is 1. The molecule has 1 aliphatic rings. The van der Waals surface area contributed by atoms with Gasteiger partial charge in [0.15, 0.2) is 22.4 Å². The third-order valence-electron chi connectivity index (χ3n) is 5.19. The van der Waals surface area contributed by atoms with Gasteiger partial charge in [-0.2, -0.15) is 0 Å². The Morgan fingerprint density at radius 2 is 2.03 bits per heavy atom. The van der Waals surface area contributed by atoms with Crippen molar-refractivity contribution >= 4 is 17.2 Å². The number of amides is 1. The number of benzene rings is 1. The summed E-state index contributed by atoms with van der Waals surface area (Å²) in [5, 5.41) is 5.75. The van der Waals surface area contributed by atoms with Gasteiger partial charge in [0.2, 0.25) is 5.91 Å². The number of rotatable bonds is 6. The van der Waals surface area contributed by atoms with Gasteiger partial charge >= 0.3 is 0 Å². The van der Waals surface area contributed by atoms with Crippen LogP contribution in [0.1, 0.15) is 29.9 Å². The summed E-state index contributed by atoms with van der Waals surface area (Å²) in [6.45, 7) is 4.05. The molecule has 0 atom stereocenters. The number of hydrogen-bond acceptors (Lipinski definition) is 5. The molecule has 1 aliphatic heterocycles. The number of furan rings is 1. The lowest BCUT2D eigenvalue weighted by Gasteiger charge is -2.32. The van der Waals surface area contributed by atoms with Crippen molar-refractivity contribution in [1.82, 2.24) is 15.2 Å². The fraction of sp³-hybridized carbons (Fsp3) is 0.364. The Morgan fingerprint density at radius 3 is 2.73 bits per heavy atom. The van der Waals surface area contributed by atoms with Crippen molar-refractivity contribution in [3.63, 3.8) is 0 Å². The Morgan fingerprint density at radius 1 is 1.23 bits per heavy atom. The number of halogens is 2. The smallest absolute Gasteiger partial charge is 0.226 e. The van der Waals surface area contributed by atoms with E-state index in [1.54, 1.807) is 6.07 Å². The van der Waals surface area contributed by atoms with Crippen LogP contribution in [0.5, 0.6) is 0 Å². The van der Waals surface area contributed by atoms with E-state index in [1.807, 2.05) is 24.4 Å². The first-order valence-electron chi connectivity index (χ1n) is 9.93. The van der Waals surface area contributed by atoms with Crippen molar-refractivity contribution in [3.05, 3.63) is 64.4 Å². The van der Waals surface area contributed by atoms with E-state index >= 15 is 0 Å². The van der Waals surface area contributed by atoms with Gasteiger partial charge in [-0.05, 0) is 49.6 Å². The summed E-state index contributed by atoms with van der Waals surface area (Å²) in [7, 11) is 0. The molecule has 1 amide bonds.